The number of carbonyl (C=O) groups excluding carboxylic acids is 1. The fourth-order valence-corrected chi connectivity index (χ4v) is 2.28. The van der Waals surface area contributed by atoms with Gasteiger partial charge in [-0.3, -0.25) is 14.9 Å². The molecular formula is C12H14FN3O3. The van der Waals surface area contributed by atoms with E-state index in [1.807, 2.05) is 0 Å². The molecule has 2 atom stereocenters. The smallest absolute Gasteiger partial charge is 0.304 e. The van der Waals surface area contributed by atoms with Crippen LogP contribution >= 0.6 is 0 Å². The highest BCUT2D eigenvalue weighted by Gasteiger charge is 2.30. The third kappa shape index (κ3) is 2.87. The van der Waals surface area contributed by atoms with Crippen molar-refractivity contribution in [3.63, 3.8) is 0 Å². The van der Waals surface area contributed by atoms with Gasteiger partial charge in [0.2, 0.25) is 11.7 Å². The van der Waals surface area contributed by atoms with Gasteiger partial charge in [0.15, 0.2) is 0 Å². The molecule has 1 aliphatic rings. The van der Waals surface area contributed by atoms with Crippen LogP contribution in [0.25, 0.3) is 0 Å². The lowest BCUT2D eigenvalue weighted by atomic mass is 10.0. The third-order valence-corrected chi connectivity index (χ3v) is 3.32. The number of carbonyl (C=O) groups is 1. The largest absolute Gasteiger partial charge is 0.327 e. The topological polar surface area (TPSA) is 98.3 Å². The van der Waals surface area contributed by atoms with Gasteiger partial charge in [0, 0.05) is 23.9 Å². The average molecular weight is 267 g/mol. The summed E-state index contributed by atoms with van der Waals surface area (Å²) in [6.45, 7) is 0. The van der Waals surface area contributed by atoms with Crippen LogP contribution in [0.5, 0.6) is 0 Å². The van der Waals surface area contributed by atoms with Gasteiger partial charge in [-0.05, 0) is 18.9 Å². The molecule has 7 heteroatoms. The zero-order valence-corrected chi connectivity index (χ0v) is 10.1. The maximum Gasteiger partial charge on any atom is 0.304 e. The highest BCUT2D eigenvalue weighted by Crippen LogP contribution is 2.26. The van der Waals surface area contributed by atoms with E-state index in [9.17, 15) is 19.3 Å². The van der Waals surface area contributed by atoms with E-state index in [0.29, 0.717) is 6.42 Å². The van der Waals surface area contributed by atoms with Crippen molar-refractivity contribution in [1.82, 2.24) is 0 Å². The van der Waals surface area contributed by atoms with Crippen LogP contribution in [0.3, 0.4) is 0 Å². The number of amides is 1. The van der Waals surface area contributed by atoms with Crippen molar-refractivity contribution in [3.8, 4) is 0 Å². The second-order valence-corrected chi connectivity index (χ2v) is 4.61. The monoisotopic (exact) mass is 267 g/mol. The number of nitro benzene ring substituents is 1. The fraction of sp³-hybridized carbons (Fsp3) is 0.417. The molecule has 102 valence electrons. The molecule has 1 aromatic rings. The Kier molecular flexibility index (Phi) is 3.75. The predicted octanol–water partition coefficient (Wildman–Crippen LogP) is 1.80. The minimum atomic E-state index is -0.974. The van der Waals surface area contributed by atoms with Gasteiger partial charge in [-0.25, -0.2) is 0 Å². The minimum Gasteiger partial charge on any atom is -0.327 e. The average Bonchev–Trinajstić information content (AvgIpc) is 2.75. The van der Waals surface area contributed by atoms with Crippen LogP contribution in [-0.4, -0.2) is 16.9 Å². The Morgan fingerprint density at radius 3 is 2.74 bits per heavy atom. The summed E-state index contributed by atoms with van der Waals surface area (Å²) in [6, 6.07) is 3.10. The van der Waals surface area contributed by atoms with Gasteiger partial charge in [-0.1, -0.05) is 6.42 Å². The van der Waals surface area contributed by atoms with Crippen molar-refractivity contribution < 1.29 is 14.1 Å². The summed E-state index contributed by atoms with van der Waals surface area (Å²) in [4.78, 5) is 21.6. The Balaban J connectivity index is 2.09. The van der Waals surface area contributed by atoms with Crippen LogP contribution in [0, 0.1) is 21.8 Å². The van der Waals surface area contributed by atoms with Crippen LogP contribution in [0.15, 0.2) is 18.2 Å². The number of nitrogens with zero attached hydrogens (tertiary/aromatic N) is 1. The normalized spacial score (nSPS) is 22.2. The van der Waals surface area contributed by atoms with E-state index in [4.69, 9.17) is 5.73 Å². The minimum absolute atomic E-state index is 0.178. The maximum atomic E-state index is 13.4. The number of anilines is 1. The summed E-state index contributed by atoms with van der Waals surface area (Å²) < 4.78 is 13.4. The predicted molar refractivity (Wildman–Crippen MR) is 67.0 cm³/mol. The molecule has 1 saturated carbocycles. The molecule has 2 unspecified atom stereocenters. The van der Waals surface area contributed by atoms with Gasteiger partial charge in [0.25, 0.3) is 0 Å². The molecule has 0 spiro atoms. The first kappa shape index (κ1) is 13.4. The molecule has 0 saturated heterocycles. The van der Waals surface area contributed by atoms with E-state index in [0.717, 1.165) is 25.0 Å². The Labute approximate surface area is 108 Å². The van der Waals surface area contributed by atoms with Gasteiger partial charge >= 0.3 is 5.69 Å². The van der Waals surface area contributed by atoms with E-state index in [2.05, 4.69) is 5.32 Å². The molecule has 1 amide bonds. The molecule has 1 aliphatic carbocycles. The molecule has 1 fully saturated rings. The van der Waals surface area contributed by atoms with Crippen LogP contribution in [0.4, 0.5) is 15.8 Å². The van der Waals surface area contributed by atoms with Crippen LogP contribution in [0.2, 0.25) is 0 Å². The molecule has 0 aromatic heterocycles. The number of hydrogen-bond donors (Lipinski definition) is 2. The first-order valence-electron chi connectivity index (χ1n) is 5.99. The van der Waals surface area contributed by atoms with E-state index in [1.165, 1.54) is 6.07 Å². The summed E-state index contributed by atoms with van der Waals surface area (Å²) in [5.74, 6) is -1.52. The van der Waals surface area contributed by atoms with E-state index >= 15 is 0 Å². The zero-order chi connectivity index (χ0) is 14.0. The second-order valence-electron chi connectivity index (χ2n) is 4.61. The Hall–Kier alpha value is -2.02. The molecule has 2 rings (SSSR count). The van der Waals surface area contributed by atoms with Crippen LogP contribution < -0.4 is 11.1 Å². The van der Waals surface area contributed by atoms with Crippen molar-refractivity contribution in [3.05, 3.63) is 34.1 Å². The van der Waals surface area contributed by atoms with Gasteiger partial charge in [0.05, 0.1) is 10.8 Å². The quantitative estimate of drug-likeness (QED) is 0.644. The summed E-state index contributed by atoms with van der Waals surface area (Å²) in [6.07, 6.45) is 2.41. The van der Waals surface area contributed by atoms with Crippen LogP contribution in [-0.2, 0) is 4.79 Å². The van der Waals surface area contributed by atoms with E-state index in [1.54, 1.807) is 0 Å². The molecule has 0 bridgehead atoms. The SMILES string of the molecule is NC1CCCC1C(=O)Nc1ccc([N+](=O)[O-])c(F)c1. The number of hydrogen-bond acceptors (Lipinski definition) is 4. The molecule has 0 aliphatic heterocycles. The molecule has 19 heavy (non-hydrogen) atoms. The summed E-state index contributed by atoms with van der Waals surface area (Å²) >= 11 is 0. The number of benzene rings is 1. The number of nitrogens with two attached hydrogens (primary N) is 1. The van der Waals surface area contributed by atoms with Crippen molar-refractivity contribution in [2.45, 2.75) is 25.3 Å². The number of nitrogens with one attached hydrogen (secondary N) is 1. The molecular weight excluding hydrogens is 253 g/mol. The Bertz CT molecular complexity index is 521. The molecule has 0 heterocycles. The fourth-order valence-electron chi connectivity index (χ4n) is 2.28. The highest BCUT2D eigenvalue weighted by atomic mass is 19.1. The molecule has 0 radical (unpaired) electrons. The summed E-state index contributed by atoms with van der Waals surface area (Å²) in [5.41, 5.74) is 5.39. The van der Waals surface area contributed by atoms with E-state index in [-0.39, 0.29) is 23.6 Å². The van der Waals surface area contributed by atoms with Crippen molar-refractivity contribution in [2.24, 2.45) is 11.7 Å². The first-order valence-corrected chi connectivity index (χ1v) is 5.99. The summed E-state index contributed by atoms with van der Waals surface area (Å²) in [7, 11) is 0. The Morgan fingerprint density at radius 1 is 1.47 bits per heavy atom. The molecule has 3 N–H and O–H groups in total. The highest BCUT2D eigenvalue weighted by molar-refractivity contribution is 5.93. The van der Waals surface area contributed by atoms with Gasteiger partial charge in [0.1, 0.15) is 0 Å². The van der Waals surface area contributed by atoms with Gasteiger partial charge in [-0.15, -0.1) is 0 Å². The van der Waals surface area contributed by atoms with Crippen molar-refractivity contribution in [2.75, 3.05) is 5.32 Å². The second kappa shape index (κ2) is 5.31. The number of rotatable bonds is 3. The number of nitro groups is 1. The lowest BCUT2D eigenvalue weighted by Crippen LogP contribution is -2.34. The molecule has 1 aromatic carbocycles. The van der Waals surface area contributed by atoms with Crippen molar-refractivity contribution in [1.29, 1.82) is 0 Å². The van der Waals surface area contributed by atoms with Crippen molar-refractivity contribution >= 4 is 17.3 Å². The summed E-state index contributed by atoms with van der Waals surface area (Å²) in [5, 5.41) is 13.0. The molecule has 6 nitrogen and oxygen atoms in total. The van der Waals surface area contributed by atoms with Gasteiger partial charge in [-0.2, -0.15) is 4.39 Å². The lowest BCUT2D eigenvalue weighted by molar-refractivity contribution is -0.387. The Morgan fingerprint density at radius 2 is 2.21 bits per heavy atom. The van der Waals surface area contributed by atoms with Gasteiger partial charge < -0.3 is 11.1 Å². The number of halogens is 1. The zero-order valence-electron chi connectivity index (χ0n) is 10.1. The first-order chi connectivity index (χ1) is 8.99. The third-order valence-electron chi connectivity index (χ3n) is 3.32. The lowest BCUT2D eigenvalue weighted by Gasteiger charge is -2.15. The maximum absolute atomic E-state index is 13.4. The van der Waals surface area contributed by atoms with Crippen LogP contribution in [0.1, 0.15) is 19.3 Å². The standard InChI is InChI=1S/C12H14FN3O3/c13-9-6-7(4-5-11(9)16(18)19)15-12(17)8-2-1-3-10(8)14/h4-6,8,10H,1-3,14H2,(H,15,17). The van der Waals surface area contributed by atoms with E-state index < -0.39 is 16.4 Å².